The van der Waals surface area contributed by atoms with Crippen LogP contribution in [-0.2, 0) is 9.59 Å². The number of rotatable bonds is 2. The van der Waals surface area contributed by atoms with E-state index in [1.165, 1.54) is 11.1 Å². The van der Waals surface area contributed by atoms with Crippen LogP contribution < -0.4 is 19.9 Å². The van der Waals surface area contributed by atoms with Crippen molar-refractivity contribution in [3.05, 3.63) is 57.6 Å². The highest BCUT2D eigenvalue weighted by Gasteiger charge is 2.35. The average molecular weight is 371 g/mol. The van der Waals surface area contributed by atoms with E-state index >= 15 is 0 Å². The fourth-order valence-corrected chi connectivity index (χ4v) is 3.01. The molecular formula is C19H15ClN2O4. The largest absolute Gasteiger partial charge is 0.454 e. The van der Waals surface area contributed by atoms with E-state index in [9.17, 15) is 9.59 Å². The maximum Gasteiger partial charge on any atom is 0.282 e. The van der Waals surface area contributed by atoms with Gasteiger partial charge in [-0.15, -0.1) is 0 Å². The van der Waals surface area contributed by atoms with Crippen LogP contribution >= 0.6 is 11.6 Å². The molecule has 2 heterocycles. The first-order chi connectivity index (χ1) is 12.4. The molecule has 1 saturated heterocycles. The van der Waals surface area contributed by atoms with Crippen molar-refractivity contribution < 1.29 is 19.1 Å². The van der Waals surface area contributed by atoms with Gasteiger partial charge in [0.25, 0.3) is 11.8 Å². The standard InChI is InChI=1S/C19H15ClN2O4/c1-10-3-4-13(5-11(10)2)22-19(24)14(18(23)21-22)6-12-7-16-17(8-15(12)20)26-9-25-16/h3-8H,9H2,1-2H3,(H,21,23)/b14-6-. The lowest BCUT2D eigenvalue weighted by Gasteiger charge is -2.16. The number of benzene rings is 2. The summed E-state index contributed by atoms with van der Waals surface area (Å²) in [4.78, 5) is 25.1. The number of halogens is 1. The molecule has 4 rings (SSSR count). The molecule has 7 heteroatoms. The summed E-state index contributed by atoms with van der Waals surface area (Å²) >= 11 is 6.24. The predicted molar refractivity (Wildman–Crippen MR) is 97.1 cm³/mol. The number of nitrogens with zero attached hydrogens (tertiary/aromatic N) is 1. The highest BCUT2D eigenvalue weighted by molar-refractivity contribution is 6.34. The number of hydrogen-bond donors (Lipinski definition) is 1. The summed E-state index contributed by atoms with van der Waals surface area (Å²) in [6.07, 6.45) is 1.46. The van der Waals surface area contributed by atoms with Gasteiger partial charge in [-0.3, -0.25) is 15.0 Å². The Balaban J connectivity index is 1.69. The number of hydrazine groups is 1. The Labute approximate surface area is 154 Å². The molecule has 2 aliphatic rings. The molecule has 0 unspecified atom stereocenters. The second kappa shape index (κ2) is 6.07. The minimum atomic E-state index is -0.484. The lowest BCUT2D eigenvalue weighted by atomic mass is 10.1. The number of carbonyl (C=O) groups excluding carboxylic acids is 2. The number of ether oxygens (including phenoxy) is 2. The van der Waals surface area contributed by atoms with Crippen LogP contribution in [0.3, 0.4) is 0 Å². The number of anilines is 1. The summed E-state index contributed by atoms with van der Waals surface area (Å²) in [6, 6.07) is 8.80. The maximum atomic E-state index is 12.7. The first-order valence-corrected chi connectivity index (χ1v) is 8.35. The van der Waals surface area contributed by atoms with E-state index in [0.717, 1.165) is 11.1 Å². The van der Waals surface area contributed by atoms with Crippen LogP contribution in [0.2, 0.25) is 5.02 Å². The quantitative estimate of drug-likeness (QED) is 0.651. The fourth-order valence-electron chi connectivity index (χ4n) is 2.80. The van der Waals surface area contributed by atoms with Crippen LogP contribution in [0.25, 0.3) is 6.08 Å². The molecule has 0 aromatic heterocycles. The van der Waals surface area contributed by atoms with Gasteiger partial charge >= 0.3 is 0 Å². The van der Waals surface area contributed by atoms with Crippen LogP contribution in [0.4, 0.5) is 5.69 Å². The summed E-state index contributed by atoms with van der Waals surface area (Å²) in [5.41, 5.74) is 5.84. The van der Waals surface area contributed by atoms with Crippen LogP contribution in [0, 0.1) is 13.8 Å². The lowest BCUT2D eigenvalue weighted by molar-refractivity contribution is -0.117. The minimum absolute atomic E-state index is 0.00370. The Hall–Kier alpha value is -2.99. The maximum absolute atomic E-state index is 12.7. The Morgan fingerprint density at radius 3 is 2.54 bits per heavy atom. The lowest BCUT2D eigenvalue weighted by Crippen LogP contribution is -2.35. The van der Waals surface area contributed by atoms with E-state index in [1.54, 1.807) is 18.2 Å². The number of aryl methyl sites for hydroxylation is 2. The fraction of sp³-hybridized carbons (Fsp3) is 0.158. The smallest absolute Gasteiger partial charge is 0.282 e. The molecule has 1 fully saturated rings. The molecule has 1 N–H and O–H groups in total. The first kappa shape index (κ1) is 16.5. The second-order valence-electron chi connectivity index (χ2n) is 6.14. The van der Waals surface area contributed by atoms with Crippen molar-refractivity contribution in [3.63, 3.8) is 0 Å². The van der Waals surface area contributed by atoms with E-state index in [-0.39, 0.29) is 12.4 Å². The summed E-state index contributed by atoms with van der Waals surface area (Å²) in [5, 5.41) is 1.61. The highest BCUT2D eigenvalue weighted by atomic mass is 35.5. The molecule has 2 aliphatic heterocycles. The van der Waals surface area contributed by atoms with Gasteiger partial charge < -0.3 is 9.47 Å². The van der Waals surface area contributed by atoms with E-state index in [0.29, 0.717) is 27.8 Å². The Kier molecular flexibility index (Phi) is 3.85. The third-order valence-electron chi connectivity index (χ3n) is 4.43. The van der Waals surface area contributed by atoms with Gasteiger partial charge in [-0.2, -0.15) is 0 Å². The minimum Gasteiger partial charge on any atom is -0.454 e. The molecule has 0 radical (unpaired) electrons. The number of nitrogens with one attached hydrogen (secondary N) is 1. The van der Waals surface area contributed by atoms with Gasteiger partial charge in [-0.05, 0) is 54.8 Å². The Morgan fingerprint density at radius 1 is 1.08 bits per heavy atom. The normalized spacial score (nSPS) is 17.2. The number of fused-ring (bicyclic) bond motifs is 1. The van der Waals surface area contributed by atoms with Crippen molar-refractivity contribution in [3.8, 4) is 11.5 Å². The van der Waals surface area contributed by atoms with Crippen molar-refractivity contribution in [2.75, 3.05) is 11.8 Å². The van der Waals surface area contributed by atoms with Gasteiger partial charge in [0.1, 0.15) is 5.57 Å². The van der Waals surface area contributed by atoms with E-state index in [2.05, 4.69) is 5.43 Å². The van der Waals surface area contributed by atoms with Crippen molar-refractivity contribution in [2.24, 2.45) is 0 Å². The summed E-state index contributed by atoms with van der Waals surface area (Å²) in [7, 11) is 0. The van der Waals surface area contributed by atoms with Crippen molar-refractivity contribution in [2.45, 2.75) is 13.8 Å². The van der Waals surface area contributed by atoms with Crippen LogP contribution in [0.1, 0.15) is 16.7 Å². The molecule has 26 heavy (non-hydrogen) atoms. The molecule has 0 atom stereocenters. The molecule has 2 aromatic carbocycles. The summed E-state index contributed by atoms with van der Waals surface area (Å²) in [6.45, 7) is 4.05. The molecular weight excluding hydrogens is 356 g/mol. The zero-order valence-corrected chi connectivity index (χ0v) is 14.9. The van der Waals surface area contributed by atoms with Gasteiger partial charge in [0.15, 0.2) is 11.5 Å². The Morgan fingerprint density at radius 2 is 1.81 bits per heavy atom. The van der Waals surface area contributed by atoms with Gasteiger partial charge in [-0.25, -0.2) is 5.01 Å². The zero-order valence-electron chi connectivity index (χ0n) is 14.1. The molecule has 6 nitrogen and oxygen atoms in total. The zero-order chi connectivity index (χ0) is 18.4. The topological polar surface area (TPSA) is 67.9 Å². The average Bonchev–Trinajstić information content (AvgIpc) is 3.16. The number of hydrogen-bond acceptors (Lipinski definition) is 4. The van der Waals surface area contributed by atoms with E-state index in [4.69, 9.17) is 21.1 Å². The third-order valence-corrected chi connectivity index (χ3v) is 4.76. The SMILES string of the molecule is Cc1ccc(N2NC(=O)/C(=C/c3cc4c(cc3Cl)OCO4)C2=O)cc1C. The van der Waals surface area contributed by atoms with Crippen molar-refractivity contribution in [1.29, 1.82) is 0 Å². The predicted octanol–water partition coefficient (Wildman–Crippen LogP) is 3.15. The molecule has 0 saturated carbocycles. The first-order valence-electron chi connectivity index (χ1n) is 7.97. The van der Waals surface area contributed by atoms with Gasteiger partial charge in [0.05, 0.1) is 10.7 Å². The van der Waals surface area contributed by atoms with Gasteiger partial charge in [0, 0.05) is 6.07 Å². The molecule has 2 amide bonds. The van der Waals surface area contributed by atoms with E-state index < -0.39 is 11.8 Å². The van der Waals surface area contributed by atoms with Crippen LogP contribution in [0.15, 0.2) is 35.9 Å². The highest BCUT2D eigenvalue weighted by Crippen LogP contribution is 2.38. The molecule has 0 spiro atoms. The van der Waals surface area contributed by atoms with Gasteiger partial charge in [-0.1, -0.05) is 17.7 Å². The molecule has 2 aromatic rings. The monoisotopic (exact) mass is 370 g/mol. The van der Waals surface area contributed by atoms with E-state index in [1.807, 2.05) is 26.0 Å². The van der Waals surface area contributed by atoms with Crippen LogP contribution in [0.5, 0.6) is 11.5 Å². The number of amides is 2. The second-order valence-corrected chi connectivity index (χ2v) is 6.54. The summed E-state index contributed by atoms with van der Waals surface area (Å²) < 4.78 is 10.6. The van der Waals surface area contributed by atoms with Crippen molar-refractivity contribution in [1.82, 2.24) is 5.43 Å². The third kappa shape index (κ3) is 2.68. The summed E-state index contributed by atoms with van der Waals surface area (Å²) in [5.74, 6) is 0.142. The Bertz CT molecular complexity index is 984. The molecule has 0 bridgehead atoms. The molecule has 132 valence electrons. The number of carbonyl (C=O) groups is 2. The van der Waals surface area contributed by atoms with Crippen molar-refractivity contribution >= 4 is 35.2 Å². The molecule has 0 aliphatic carbocycles. The van der Waals surface area contributed by atoms with Crippen LogP contribution in [-0.4, -0.2) is 18.6 Å². The van der Waals surface area contributed by atoms with Gasteiger partial charge in [0.2, 0.25) is 6.79 Å².